The fourth-order valence-electron chi connectivity index (χ4n) is 4.79. The fourth-order valence-corrected chi connectivity index (χ4v) is 5.76. The number of anilines is 2. The van der Waals surface area contributed by atoms with Crippen LogP contribution in [0.25, 0.3) is 0 Å². The molecule has 2 heterocycles. The van der Waals surface area contributed by atoms with Gasteiger partial charge in [-0.1, -0.05) is 102 Å². The molecule has 1 aliphatic heterocycles. The third-order valence-electron chi connectivity index (χ3n) is 6.85. The molecule has 1 atom stereocenters. The number of halogens is 1. The standard InChI is InChI=1S/C33H28ClN5O2S/c1-22-29(31(40)36-26-15-6-3-7-16-26)30(24-14-10-17-27(19-24)41-20-25-13-8-9-18-28(25)34)39-32(35-22)37-33(38-39)42-21-23-11-4-2-5-12-23/h2-19,30H,20-21H2,1H3,(H,36,40)(H,35,37,38). The van der Waals surface area contributed by atoms with Gasteiger partial charge in [0.05, 0.1) is 5.57 Å². The normalized spacial score (nSPS) is 14.2. The van der Waals surface area contributed by atoms with Gasteiger partial charge in [-0.2, -0.15) is 4.98 Å². The molecule has 5 aromatic rings. The Morgan fingerprint density at radius 1 is 0.976 bits per heavy atom. The van der Waals surface area contributed by atoms with Crippen LogP contribution in [-0.4, -0.2) is 20.7 Å². The summed E-state index contributed by atoms with van der Waals surface area (Å²) in [7, 11) is 0. The van der Waals surface area contributed by atoms with Crippen molar-refractivity contribution in [1.82, 2.24) is 14.8 Å². The summed E-state index contributed by atoms with van der Waals surface area (Å²) in [6.07, 6.45) is 0. The maximum atomic E-state index is 13.8. The van der Waals surface area contributed by atoms with Crippen LogP contribution < -0.4 is 15.4 Å². The van der Waals surface area contributed by atoms with E-state index in [9.17, 15) is 4.79 Å². The van der Waals surface area contributed by atoms with Crippen molar-refractivity contribution in [2.75, 3.05) is 10.6 Å². The van der Waals surface area contributed by atoms with Crippen LogP contribution in [0.3, 0.4) is 0 Å². The lowest BCUT2D eigenvalue weighted by Crippen LogP contribution is -2.31. The predicted octanol–water partition coefficient (Wildman–Crippen LogP) is 7.73. The van der Waals surface area contributed by atoms with Crippen LogP contribution in [0.5, 0.6) is 5.75 Å². The Labute approximate surface area is 253 Å². The number of nitrogens with one attached hydrogen (secondary N) is 2. The highest BCUT2D eigenvalue weighted by atomic mass is 35.5. The van der Waals surface area contributed by atoms with Crippen LogP contribution in [0.4, 0.5) is 11.6 Å². The Morgan fingerprint density at radius 3 is 2.50 bits per heavy atom. The highest BCUT2D eigenvalue weighted by Crippen LogP contribution is 2.38. The molecule has 6 rings (SSSR count). The summed E-state index contributed by atoms with van der Waals surface area (Å²) in [6.45, 7) is 2.21. The topological polar surface area (TPSA) is 81.1 Å². The first-order valence-electron chi connectivity index (χ1n) is 13.5. The molecule has 0 saturated carbocycles. The number of aromatic nitrogens is 3. The molecular weight excluding hydrogens is 566 g/mol. The third-order valence-corrected chi connectivity index (χ3v) is 8.12. The number of carbonyl (C=O) groups is 1. The number of hydrogen-bond donors (Lipinski definition) is 2. The Kier molecular flexibility index (Phi) is 8.26. The number of carbonyl (C=O) groups excluding carboxylic acids is 1. The summed E-state index contributed by atoms with van der Waals surface area (Å²) in [5, 5.41) is 12.5. The van der Waals surface area contributed by atoms with E-state index in [0.717, 1.165) is 16.9 Å². The lowest BCUT2D eigenvalue weighted by molar-refractivity contribution is -0.113. The molecule has 0 fully saturated rings. The lowest BCUT2D eigenvalue weighted by Gasteiger charge is -2.29. The van der Waals surface area contributed by atoms with Crippen molar-refractivity contribution >= 4 is 40.9 Å². The van der Waals surface area contributed by atoms with E-state index >= 15 is 0 Å². The lowest BCUT2D eigenvalue weighted by atomic mass is 9.95. The molecule has 210 valence electrons. The number of nitrogens with zero attached hydrogens (tertiary/aromatic N) is 3. The molecule has 0 radical (unpaired) electrons. The summed E-state index contributed by atoms with van der Waals surface area (Å²) in [6, 6.07) is 34.4. The number of rotatable bonds is 9. The number of amides is 1. The molecule has 0 saturated heterocycles. The van der Waals surface area contributed by atoms with Crippen LogP contribution in [0.15, 0.2) is 126 Å². The van der Waals surface area contributed by atoms with E-state index in [4.69, 9.17) is 26.4 Å². The molecule has 9 heteroatoms. The van der Waals surface area contributed by atoms with Crippen LogP contribution in [0.1, 0.15) is 29.7 Å². The monoisotopic (exact) mass is 593 g/mol. The molecule has 1 amide bonds. The first kappa shape index (κ1) is 27.6. The van der Waals surface area contributed by atoms with E-state index in [1.807, 2.05) is 104 Å². The average Bonchev–Trinajstić information content (AvgIpc) is 3.42. The Morgan fingerprint density at radius 2 is 1.71 bits per heavy atom. The SMILES string of the molecule is CC1=C(C(=O)Nc2ccccc2)C(c2cccc(OCc3ccccc3Cl)c2)n2nc(SCc3ccccc3)nc2N1. The molecule has 4 aromatic carbocycles. The van der Waals surface area contributed by atoms with Crippen molar-refractivity contribution in [3.8, 4) is 5.75 Å². The molecule has 2 N–H and O–H groups in total. The van der Waals surface area contributed by atoms with Crippen molar-refractivity contribution in [2.45, 2.75) is 30.5 Å². The number of benzene rings is 4. The Hall–Kier alpha value is -4.53. The second kappa shape index (κ2) is 12.5. The second-order valence-corrected chi connectivity index (χ2v) is 11.1. The van der Waals surface area contributed by atoms with Gasteiger partial charge in [-0.15, -0.1) is 5.10 Å². The van der Waals surface area contributed by atoms with E-state index in [2.05, 4.69) is 22.8 Å². The van der Waals surface area contributed by atoms with Crippen molar-refractivity contribution < 1.29 is 9.53 Å². The zero-order valence-electron chi connectivity index (χ0n) is 22.8. The van der Waals surface area contributed by atoms with Crippen molar-refractivity contribution in [2.24, 2.45) is 0 Å². The van der Waals surface area contributed by atoms with Crippen LogP contribution >= 0.6 is 23.4 Å². The van der Waals surface area contributed by atoms with Gasteiger partial charge in [-0.3, -0.25) is 4.79 Å². The maximum Gasteiger partial charge on any atom is 0.255 e. The summed E-state index contributed by atoms with van der Waals surface area (Å²) < 4.78 is 7.92. The maximum absolute atomic E-state index is 13.8. The fraction of sp³-hybridized carbons (Fsp3) is 0.121. The number of ether oxygens (including phenoxy) is 1. The number of fused-ring (bicyclic) bond motifs is 1. The van der Waals surface area contributed by atoms with Crippen molar-refractivity contribution in [1.29, 1.82) is 0 Å². The van der Waals surface area contributed by atoms with Crippen LogP contribution in [0, 0.1) is 0 Å². The van der Waals surface area contributed by atoms with Gasteiger partial charge in [0.2, 0.25) is 11.1 Å². The first-order chi connectivity index (χ1) is 20.5. The number of thioether (sulfide) groups is 1. The molecule has 1 aromatic heterocycles. The van der Waals surface area contributed by atoms with E-state index in [1.54, 1.807) is 16.4 Å². The Bertz CT molecular complexity index is 1740. The van der Waals surface area contributed by atoms with Gasteiger partial charge in [-0.25, -0.2) is 4.68 Å². The largest absolute Gasteiger partial charge is 0.489 e. The van der Waals surface area contributed by atoms with Crippen LogP contribution in [-0.2, 0) is 17.2 Å². The molecular formula is C33H28ClN5O2S. The van der Waals surface area contributed by atoms with E-state index in [1.165, 1.54) is 5.56 Å². The van der Waals surface area contributed by atoms with Crippen molar-refractivity contribution in [3.63, 3.8) is 0 Å². The first-order valence-corrected chi connectivity index (χ1v) is 14.8. The molecule has 0 bridgehead atoms. The molecule has 7 nitrogen and oxygen atoms in total. The molecule has 42 heavy (non-hydrogen) atoms. The molecule has 0 aliphatic carbocycles. The molecule has 1 unspecified atom stereocenters. The Balaban J connectivity index is 1.33. The summed E-state index contributed by atoms with van der Waals surface area (Å²) in [5.41, 5.74) is 4.87. The van der Waals surface area contributed by atoms with E-state index in [-0.39, 0.29) is 5.91 Å². The molecule has 1 aliphatic rings. The van der Waals surface area contributed by atoms with Gasteiger partial charge in [0.1, 0.15) is 18.4 Å². The van der Waals surface area contributed by atoms with Gasteiger partial charge < -0.3 is 15.4 Å². The zero-order valence-corrected chi connectivity index (χ0v) is 24.4. The number of para-hydroxylation sites is 1. The van der Waals surface area contributed by atoms with Gasteiger partial charge in [0.25, 0.3) is 5.91 Å². The number of allylic oxidation sites excluding steroid dienone is 1. The minimum absolute atomic E-state index is 0.224. The van der Waals surface area contributed by atoms with Gasteiger partial charge in [0.15, 0.2) is 0 Å². The smallest absolute Gasteiger partial charge is 0.255 e. The zero-order chi connectivity index (χ0) is 28.9. The quantitative estimate of drug-likeness (QED) is 0.170. The number of hydrogen-bond acceptors (Lipinski definition) is 6. The minimum Gasteiger partial charge on any atom is -0.489 e. The highest BCUT2D eigenvalue weighted by molar-refractivity contribution is 7.98. The van der Waals surface area contributed by atoms with E-state index in [0.29, 0.717) is 45.4 Å². The van der Waals surface area contributed by atoms with Crippen LogP contribution in [0.2, 0.25) is 5.02 Å². The minimum atomic E-state index is -0.535. The average molecular weight is 594 g/mol. The predicted molar refractivity (Wildman–Crippen MR) is 168 cm³/mol. The summed E-state index contributed by atoms with van der Waals surface area (Å²) >= 11 is 7.89. The third kappa shape index (κ3) is 6.20. The second-order valence-electron chi connectivity index (χ2n) is 9.78. The summed E-state index contributed by atoms with van der Waals surface area (Å²) in [4.78, 5) is 18.6. The summed E-state index contributed by atoms with van der Waals surface area (Å²) in [5.74, 6) is 1.74. The van der Waals surface area contributed by atoms with Gasteiger partial charge >= 0.3 is 0 Å². The van der Waals surface area contributed by atoms with Gasteiger partial charge in [0, 0.05) is 27.7 Å². The molecule has 0 spiro atoms. The van der Waals surface area contributed by atoms with Crippen molar-refractivity contribution in [3.05, 3.63) is 142 Å². The highest BCUT2D eigenvalue weighted by Gasteiger charge is 2.34. The van der Waals surface area contributed by atoms with Gasteiger partial charge in [-0.05, 0) is 48.4 Å². The van der Waals surface area contributed by atoms with E-state index < -0.39 is 6.04 Å².